The zero-order valence-corrected chi connectivity index (χ0v) is 17.9. The summed E-state index contributed by atoms with van der Waals surface area (Å²) >= 11 is 5.95. The predicted octanol–water partition coefficient (Wildman–Crippen LogP) is 1.17. The lowest BCUT2D eigenvalue weighted by Gasteiger charge is -2.15. The summed E-state index contributed by atoms with van der Waals surface area (Å²) in [5.74, 6) is 0.281. The van der Waals surface area contributed by atoms with Crippen molar-refractivity contribution in [1.82, 2.24) is 9.78 Å². The van der Waals surface area contributed by atoms with Crippen molar-refractivity contribution in [2.45, 2.75) is 32.9 Å². The van der Waals surface area contributed by atoms with Gasteiger partial charge in [0.2, 0.25) is 0 Å². The second-order valence-electron chi connectivity index (χ2n) is 7.52. The van der Waals surface area contributed by atoms with E-state index in [1.54, 1.807) is 24.3 Å². The Bertz CT molecular complexity index is 987. The minimum atomic E-state index is -2.96. The van der Waals surface area contributed by atoms with Gasteiger partial charge in [0.25, 0.3) is 5.91 Å². The number of likely N-dealkylation sites (N-methyl/N-ethyl adjacent to an activating group) is 1. The largest absolute Gasteiger partial charge is 0.326 e. The van der Waals surface area contributed by atoms with E-state index in [9.17, 15) is 13.2 Å². The number of amides is 1. The Morgan fingerprint density at radius 3 is 2.79 bits per heavy atom. The Hall–Kier alpha value is -1.90. The van der Waals surface area contributed by atoms with Crippen LogP contribution in [0.3, 0.4) is 0 Å². The molecule has 1 aliphatic heterocycles. The molecule has 3 rings (SSSR count). The number of nitrogens with zero attached hydrogens (tertiary/aromatic N) is 2. The number of nitrogens with one attached hydrogen (secondary N) is 2. The highest BCUT2D eigenvalue weighted by Gasteiger charge is 2.31. The number of hydrogen-bond acceptors (Lipinski definition) is 4. The highest BCUT2D eigenvalue weighted by molar-refractivity contribution is 7.91. The second-order valence-corrected chi connectivity index (χ2v) is 10.2. The number of rotatable bonds is 6. The van der Waals surface area contributed by atoms with E-state index in [2.05, 4.69) is 10.4 Å². The fourth-order valence-electron chi connectivity index (χ4n) is 3.69. The number of benzene rings is 1. The average molecular weight is 426 g/mol. The van der Waals surface area contributed by atoms with Gasteiger partial charge in [-0.05, 0) is 38.5 Å². The van der Waals surface area contributed by atoms with Crippen molar-refractivity contribution in [3.05, 3.63) is 46.2 Å². The van der Waals surface area contributed by atoms with Crippen LogP contribution in [0.2, 0.25) is 5.02 Å². The summed E-state index contributed by atoms with van der Waals surface area (Å²) in [4.78, 5) is 13.3. The van der Waals surface area contributed by atoms with Gasteiger partial charge in [-0.1, -0.05) is 17.7 Å². The molecular formula is C19H26ClN4O3S+. The van der Waals surface area contributed by atoms with Gasteiger partial charge in [0.1, 0.15) is 6.54 Å². The number of quaternary nitrogens is 1. The van der Waals surface area contributed by atoms with Crippen molar-refractivity contribution in [3.8, 4) is 0 Å². The summed E-state index contributed by atoms with van der Waals surface area (Å²) in [6, 6.07) is 6.96. The molecule has 1 saturated heterocycles. The Balaban J connectivity index is 1.64. The molecule has 9 heteroatoms. The summed E-state index contributed by atoms with van der Waals surface area (Å²) in [6.45, 7) is 4.84. The highest BCUT2D eigenvalue weighted by Crippen LogP contribution is 2.26. The Labute approximate surface area is 170 Å². The topological polar surface area (TPSA) is 85.5 Å². The number of carbonyl (C=O) groups excluding carboxylic acids is 1. The molecule has 1 aromatic heterocycles. The van der Waals surface area contributed by atoms with Gasteiger partial charge in [0, 0.05) is 16.4 Å². The zero-order valence-electron chi connectivity index (χ0n) is 16.3. The fourth-order valence-corrected chi connectivity index (χ4v) is 5.57. The normalized spacial score (nSPS) is 19.5. The van der Waals surface area contributed by atoms with Gasteiger partial charge in [0.05, 0.1) is 35.9 Å². The molecule has 2 N–H and O–H groups in total. The monoisotopic (exact) mass is 425 g/mol. The lowest BCUT2D eigenvalue weighted by atomic mass is 10.1. The van der Waals surface area contributed by atoms with E-state index in [1.807, 2.05) is 25.6 Å². The molecule has 7 nitrogen and oxygen atoms in total. The van der Waals surface area contributed by atoms with E-state index >= 15 is 0 Å². The van der Waals surface area contributed by atoms with Crippen LogP contribution in [-0.4, -0.2) is 49.2 Å². The molecule has 28 heavy (non-hydrogen) atoms. The Morgan fingerprint density at radius 2 is 2.14 bits per heavy atom. The molecule has 2 atom stereocenters. The van der Waals surface area contributed by atoms with Gasteiger partial charge in [-0.2, -0.15) is 5.10 Å². The van der Waals surface area contributed by atoms with E-state index in [1.165, 1.54) is 0 Å². The van der Waals surface area contributed by atoms with Gasteiger partial charge < -0.3 is 10.2 Å². The Morgan fingerprint density at radius 1 is 1.39 bits per heavy atom. The van der Waals surface area contributed by atoms with Crippen LogP contribution in [-0.2, 0) is 21.2 Å². The number of carbonyl (C=O) groups is 1. The number of hydrogen-bond donors (Lipinski definition) is 2. The number of halogens is 1. The average Bonchev–Trinajstić information content (AvgIpc) is 3.08. The molecule has 1 unspecified atom stereocenters. The first-order valence-electron chi connectivity index (χ1n) is 9.26. The highest BCUT2D eigenvalue weighted by atomic mass is 35.5. The van der Waals surface area contributed by atoms with E-state index in [4.69, 9.17) is 11.6 Å². The van der Waals surface area contributed by atoms with Crippen molar-refractivity contribution in [2.75, 3.05) is 30.4 Å². The molecule has 0 bridgehead atoms. The molecule has 1 aliphatic rings. The van der Waals surface area contributed by atoms with Gasteiger partial charge in [-0.25, -0.2) is 8.42 Å². The summed E-state index contributed by atoms with van der Waals surface area (Å²) in [5.41, 5.74) is 3.61. The maximum absolute atomic E-state index is 12.3. The van der Waals surface area contributed by atoms with Gasteiger partial charge in [-0.3, -0.25) is 9.48 Å². The van der Waals surface area contributed by atoms with Gasteiger partial charge in [-0.15, -0.1) is 0 Å². The van der Waals surface area contributed by atoms with Gasteiger partial charge >= 0.3 is 0 Å². The van der Waals surface area contributed by atoms with Crippen LogP contribution >= 0.6 is 11.6 Å². The molecule has 152 valence electrons. The maximum atomic E-state index is 12.3. The van der Waals surface area contributed by atoms with Crippen molar-refractivity contribution in [3.63, 3.8) is 0 Å². The number of sulfone groups is 1. The first-order chi connectivity index (χ1) is 13.1. The number of aromatic nitrogens is 2. The second kappa shape index (κ2) is 8.23. The van der Waals surface area contributed by atoms with E-state index in [-0.39, 0.29) is 23.5 Å². The minimum absolute atomic E-state index is 0.0932. The molecule has 0 spiro atoms. The number of anilines is 1. The third-order valence-corrected chi connectivity index (χ3v) is 7.06. The molecule has 1 fully saturated rings. The Kier molecular flexibility index (Phi) is 6.12. The summed E-state index contributed by atoms with van der Waals surface area (Å²) in [7, 11) is -1.01. The number of aryl methyl sites for hydroxylation is 1. The summed E-state index contributed by atoms with van der Waals surface area (Å²) in [5, 5.41) is 8.02. The van der Waals surface area contributed by atoms with E-state index in [0.717, 1.165) is 21.9 Å². The lowest BCUT2D eigenvalue weighted by molar-refractivity contribution is -0.885. The quantitative estimate of drug-likeness (QED) is 0.727. The molecule has 0 radical (unpaired) electrons. The van der Waals surface area contributed by atoms with Crippen LogP contribution in [0.1, 0.15) is 29.4 Å². The summed E-state index contributed by atoms with van der Waals surface area (Å²) < 4.78 is 25.4. The molecule has 1 aromatic carbocycles. The standard InChI is InChI=1S/C19H25ClN4O3S/c1-13-18(14(2)24(22-13)17-7-8-28(26,27)12-17)10-23(3)11-19(25)21-16-6-4-5-15(20)9-16/h4-6,9,17H,7-8,10-12H2,1-3H3,(H,21,25)/p+1/t17-/m1/s1. The first-order valence-corrected chi connectivity index (χ1v) is 11.5. The van der Waals surface area contributed by atoms with Crippen LogP contribution in [0, 0.1) is 13.8 Å². The first kappa shape index (κ1) is 20.8. The third-order valence-electron chi connectivity index (χ3n) is 5.08. The molecular weight excluding hydrogens is 400 g/mol. The molecule has 0 saturated carbocycles. The van der Waals surface area contributed by atoms with Crippen molar-refractivity contribution >= 4 is 33.0 Å². The van der Waals surface area contributed by atoms with Crippen molar-refractivity contribution in [1.29, 1.82) is 0 Å². The van der Waals surface area contributed by atoms with Crippen molar-refractivity contribution < 1.29 is 18.1 Å². The smallest absolute Gasteiger partial charge is 0.279 e. The zero-order chi connectivity index (χ0) is 20.5. The lowest BCUT2D eigenvalue weighted by Crippen LogP contribution is -3.08. The van der Waals surface area contributed by atoms with Crippen molar-refractivity contribution in [2.24, 2.45) is 0 Å². The molecule has 0 aliphatic carbocycles. The van der Waals surface area contributed by atoms with Crippen LogP contribution in [0.4, 0.5) is 5.69 Å². The van der Waals surface area contributed by atoms with Crippen LogP contribution < -0.4 is 10.2 Å². The predicted molar refractivity (Wildman–Crippen MR) is 110 cm³/mol. The minimum Gasteiger partial charge on any atom is -0.326 e. The molecule has 2 aromatic rings. The van der Waals surface area contributed by atoms with Gasteiger partial charge in [0.15, 0.2) is 16.4 Å². The SMILES string of the molecule is Cc1nn([C@@H]2CCS(=O)(=O)C2)c(C)c1C[NH+](C)CC(=O)Nc1cccc(Cl)c1. The van der Waals surface area contributed by atoms with Crippen LogP contribution in [0.25, 0.3) is 0 Å². The van der Waals surface area contributed by atoms with Crippen LogP contribution in [0.15, 0.2) is 24.3 Å². The maximum Gasteiger partial charge on any atom is 0.279 e. The van der Waals surface area contributed by atoms with E-state index in [0.29, 0.717) is 30.2 Å². The molecule has 1 amide bonds. The van der Waals surface area contributed by atoms with Crippen LogP contribution in [0.5, 0.6) is 0 Å². The van der Waals surface area contributed by atoms with E-state index < -0.39 is 9.84 Å². The third kappa shape index (κ3) is 4.92. The summed E-state index contributed by atoms with van der Waals surface area (Å²) in [6.07, 6.45) is 0.606. The fraction of sp³-hybridized carbons (Fsp3) is 0.474. The molecule has 2 heterocycles.